The van der Waals surface area contributed by atoms with Crippen molar-refractivity contribution in [3.8, 4) is 5.75 Å². The molecule has 0 aliphatic rings. The van der Waals surface area contributed by atoms with Crippen LogP contribution in [0.15, 0.2) is 48.5 Å². The number of hydrogen-bond acceptors (Lipinski definition) is 5. The topological polar surface area (TPSA) is 89.5 Å². The number of rotatable bonds is 7. The maximum Gasteiger partial charge on any atom is 0.534 e. The minimum Gasteiger partial charge on any atom is -0.376 e. The normalized spacial score (nSPS) is 15.2. The highest BCUT2D eigenvalue weighted by Crippen LogP contribution is 2.40. The average molecular weight is 505 g/mol. The summed E-state index contributed by atoms with van der Waals surface area (Å²) in [5.41, 5.74) is -11.2. The molecule has 14 heteroatoms. The molecule has 0 fully saturated rings. The summed E-state index contributed by atoms with van der Waals surface area (Å²) in [6, 6.07) is 8.42. The standard InChI is InChI=1S/C18H17F6NO5S2/c1-11-7-3-4-8-13(11)12(2)16(25-31(26,27)17(19,20)21)14-9-5-6-10-15(14)30-32(28,29)18(22,23)24/h3-10,12,16,25H,1-2H3/t12-,16+/m1/s1. The molecule has 0 bridgehead atoms. The van der Waals surface area contributed by atoms with Gasteiger partial charge < -0.3 is 4.18 Å². The summed E-state index contributed by atoms with van der Waals surface area (Å²) in [4.78, 5) is 0. The monoisotopic (exact) mass is 505 g/mol. The zero-order chi connectivity index (χ0) is 24.5. The smallest absolute Gasteiger partial charge is 0.376 e. The molecular formula is C18H17F6NO5S2. The number of para-hydroxylation sites is 1. The number of alkyl halides is 6. The van der Waals surface area contributed by atoms with Gasteiger partial charge in [0.05, 0.1) is 6.04 Å². The Labute approximate surface area is 180 Å². The maximum absolute atomic E-state index is 13.1. The molecule has 0 saturated carbocycles. The summed E-state index contributed by atoms with van der Waals surface area (Å²) in [7, 11) is -12.2. The molecule has 0 amide bonds. The molecule has 0 aliphatic carbocycles. The Morgan fingerprint density at radius 1 is 0.812 bits per heavy atom. The third kappa shape index (κ3) is 5.53. The number of nitrogens with one attached hydrogen (secondary N) is 1. The number of sulfonamides is 1. The predicted molar refractivity (Wildman–Crippen MR) is 102 cm³/mol. The van der Waals surface area contributed by atoms with E-state index in [1.165, 1.54) is 29.8 Å². The summed E-state index contributed by atoms with van der Waals surface area (Å²) >= 11 is 0. The highest BCUT2D eigenvalue weighted by atomic mass is 32.2. The van der Waals surface area contributed by atoms with Gasteiger partial charge in [-0.15, -0.1) is 0 Å². The van der Waals surface area contributed by atoms with E-state index in [-0.39, 0.29) is 0 Å². The molecule has 6 nitrogen and oxygen atoms in total. The molecule has 1 N–H and O–H groups in total. The van der Waals surface area contributed by atoms with Crippen LogP contribution in [-0.2, 0) is 20.1 Å². The molecule has 0 radical (unpaired) electrons. The fourth-order valence-electron chi connectivity index (χ4n) is 2.92. The average Bonchev–Trinajstić information content (AvgIpc) is 2.64. The number of aryl methyl sites for hydroxylation is 1. The van der Waals surface area contributed by atoms with Crippen molar-refractivity contribution >= 4 is 20.1 Å². The first-order chi connectivity index (χ1) is 14.5. The van der Waals surface area contributed by atoms with Crippen LogP contribution in [0.2, 0.25) is 0 Å². The van der Waals surface area contributed by atoms with E-state index in [4.69, 9.17) is 0 Å². The number of halogens is 6. The molecule has 178 valence electrons. The third-order valence-corrected chi connectivity index (χ3v) is 6.64. The van der Waals surface area contributed by atoms with E-state index in [0.29, 0.717) is 11.1 Å². The van der Waals surface area contributed by atoms with E-state index < -0.39 is 54.4 Å². The molecule has 0 aromatic heterocycles. The minimum absolute atomic E-state index is 0.371. The van der Waals surface area contributed by atoms with Crippen LogP contribution < -0.4 is 8.91 Å². The van der Waals surface area contributed by atoms with Crippen molar-refractivity contribution < 1.29 is 47.4 Å². The largest absolute Gasteiger partial charge is 0.534 e. The van der Waals surface area contributed by atoms with Gasteiger partial charge in [-0.05, 0) is 24.1 Å². The second-order valence-electron chi connectivity index (χ2n) is 6.71. The van der Waals surface area contributed by atoms with Crippen LogP contribution in [0.25, 0.3) is 0 Å². The van der Waals surface area contributed by atoms with Gasteiger partial charge in [-0.2, -0.15) is 39.5 Å². The lowest BCUT2D eigenvalue weighted by molar-refractivity contribution is -0.0500. The van der Waals surface area contributed by atoms with E-state index in [9.17, 15) is 43.2 Å². The summed E-state index contributed by atoms with van der Waals surface area (Å²) in [5.74, 6) is -2.05. The van der Waals surface area contributed by atoms with E-state index in [1.807, 2.05) is 0 Å². The van der Waals surface area contributed by atoms with E-state index in [0.717, 1.165) is 18.2 Å². The van der Waals surface area contributed by atoms with Crippen molar-refractivity contribution in [3.63, 3.8) is 0 Å². The lowest BCUT2D eigenvalue weighted by Gasteiger charge is -2.28. The molecule has 2 rings (SSSR count). The molecule has 2 aromatic carbocycles. The van der Waals surface area contributed by atoms with Crippen LogP contribution in [0.1, 0.15) is 35.6 Å². The lowest BCUT2D eigenvalue weighted by Crippen LogP contribution is -2.40. The number of benzene rings is 2. The van der Waals surface area contributed by atoms with Crippen molar-refractivity contribution in [2.45, 2.75) is 36.8 Å². The molecule has 0 saturated heterocycles. The SMILES string of the molecule is Cc1ccccc1[C@@H](C)[C@H](NS(=O)(=O)C(F)(F)F)c1ccccc1OS(=O)(=O)C(F)(F)F. The van der Waals surface area contributed by atoms with Gasteiger partial charge in [0.1, 0.15) is 5.75 Å². The fraction of sp³-hybridized carbons (Fsp3) is 0.333. The summed E-state index contributed by atoms with van der Waals surface area (Å²) in [5, 5.41) is 0. The molecule has 0 spiro atoms. The molecule has 2 atom stereocenters. The Balaban J connectivity index is 2.68. The van der Waals surface area contributed by atoms with Gasteiger partial charge in [-0.1, -0.05) is 49.4 Å². The van der Waals surface area contributed by atoms with E-state index >= 15 is 0 Å². The van der Waals surface area contributed by atoms with Crippen LogP contribution in [-0.4, -0.2) is 27.9 Å². The van der Waals surface area contributed by atoms with Gasteiger partial charge in [0, 0.05) is 11.5 Å². The summed E-state index contributed by atoms with van der Waals surface area (Å²) < 4.78 is 130. The quantitative estimate of drug-likeness (QED) is 0.340. The summed E-state index contributed by atoms with van der Waals surface area (Å²) in [6.45, 7) is 2.93. The summed E-state index contributed by atoms with van der Waals surface area (Å²) in [6.07, 6.45) is 0. The van der Waals surface area contributed by atoms with Crippen LogP contribution in [0.4, 0.5) is 26.3 Å². The van der Waals surface area contributed by atoms with Crippen molar-refractivity contribution in [2.75, 3.05) is 0 Å². The van der Waals surface area contributed by atoms with Gasteiger partial charge in [-0.25, -0.2) is 8.42 Å². The Morgan fingerprint density at radius 2 is 1.31 bits per heavy atom. The third-order valence-electron chi connectivity index (χ3n) is 4.50. The van der Waals surface area contributed by atoms with Gasteiger partial charge in [0.25, 0.3) is 0 Å². The molecule has 0 unspecified atom stereocenters. The predicted octanol–water partition coefficient (Wildman–Crippen LogP) is 4.51. The van der Waals surface area contributed by atoms with Gasteiger partial charge in [-0.3, -0.25) is 0 Å². The van der Waals surface area contributed by atoms with Crippen molar-refractivity contribution in [1.82, 2.24) is 4.72 Å². The fourth-order valence-corrected chi connectivity index (χ4v) is 4.21. The molecule has 0 aliphatic heterocycles. The highest BCUT2D eigenvalue weighted by Gasteiger charge is 2.50. The Bertz CT molecular complexity index is 1180. The maximum atomic E-state index is 13.1. The first-order valence-corrected chi connectivity index (χ1v) is 11.6. The van der Waals surface area contributed by atoms with Crippen molar-refractivity contribution in [3.05, 3.63) is 65.2 Å². The van der Waals surface area contributed by atoms with Crippen LogP contribution in [0.3, 0.4) is 0 Å². The Hall–Kier alpha value is -2.32. The Kier molecular flexibility index (Phi) is 7.22. The van der Waals surface area contributed by atoms with Crippen LogP contribution in [0.5, 0.6) is 5.75 Å². The second-order valence-corrected chi connectivity index (χ2v) is 9.95. The zero-order valence-electron chi connectivity index (χ0n) is 16.4. The zero-order valence-corrected chi connectivity index (χ0v) is 18.0. The molecular weight excluding hydrogens is 488 g/mol. The van der Waals surface area contributed by atoms with Crippen LogP contribution in [0, 0.1) is 6.92 Å². The molecule has 0 heterocycles. The molecule has 32 heavy (non-hydrogen) atoms. The van der Waals surface area contributed by atoms with Crippen molar-refractivity contribution in [2.24, 2.45) is 0 Å². The second kappa shape index (κ2) is 8.90. The van der Waals surface area contributed by atoms with Crippen molar-refractivity contribution in [1.29, 1.82) is 0 Å². The number of hydrogen-bond donors (Lipinski definition) is 1. The van der Waals surface area contributed by atoms with Crippen LogP contribution >= 0.6 is 0 Å². The Morgan fingerprint density at radius 3 is 1.81 bits per heavy atom. The van der Waals surface area contributed by atoms with E-state index in [2.05, 4.69) is 4.18 Å². The van der Waals surface area contributed by atoms with Gasteiger partial charge in [0.15, 0.2) is 0 Å². The van der Waals surface area contributed by atoms with E-state index in [1.54, 1.807) is 19.1 Å². The first-order valence-electron chi connectivity index (χ1n) is 8.72. The first kappa shape index (κ1) is 25.9. The van der Waals surface area contributed by atoms with Gasteiger partial charge in [0.2, 0.25) is 0 Å². The molecule has 2 aromatic rings. The highest BCUT2D eigenvalue weighted by molar-refractivity contribution is 7.90. The lowest BCUT2D eigenvalue weighted by atomic mass is 9.86. The van der Waals surface area contributed by atoms with Gasteiger partial charge >= 0.3 is 31.2 Å². The minimum atomic E-state index is -6.18.